The van der Waals surface area contributed by atoms with Gasteiger partial charge in [0, 0.05) is 43.4 Å². The topological polar surface area (TPSA) is 50.1 Å². The van der Waals surface area contributed by atoms with Crippen LogP contribution in [0.25, 0.3) is 0 Å². The van der Waals surface area contributed by atoms with Crippen molar-refractivity contribution in [2.75, 3.05) is 13.2 Å². The molecular formula is C12H21N3O. The first-order chi connectivity index (χ1) is 7.56. The minimum atomic E-state index is 0.171. The van der Waals surface area contributed by atoms with E-state index >= 15 is 0 Å². The third kappa shape index (κ3) is 2.28. The van der Waals surface area contributed by atoms with Crippen LogP contribution < -0.4 is 5.32 Å². The Kier molecular flexibility index (Phi) is 3.04. The van der Waals surface area contributed by atoms with Crippen molar-refractivity contribution in [1.82, 2.24) is 15.1 Å². The number of aliphatic hydroxyl groups excluding tert-OH is 1. The monoisotopic (exact) mass is 223 g/mol. The molecule has 1 atom stereocenters. The molecule has 0 amide bonds. The van der Waals surface area contributed by atoms with Gasteiger partial charge in [-0.25, -0.2) is 0 Å². The summed E-state index contributed by atoms with van der Waals surface area (Å²) in [6, 6.07) is 0.303. The minimum absolute atomic E-state index is 0.171. The van der Waals surface area contributed by atoms with E-state index in [1.165, 1.54) is 5.56 Å². The number of aryl methyl sites for hydroxylation is 2. The predicted octanol–water partition coefficient (Wildman–Crippen LogP) is 1.15. The highest BCUT2D eigenvalue weighted by atomic mass is 16.3. The molecule has 0 saturated heterocycles. The van der Waals surface area contributed by atoms with Gasteiger partial charge in [-0.2, -0.15) is 5.10 Å². The first-order valence-corrected chi connectivity index (χ1v) is 5.91. The van der Waals surface area contributed by atoms with Crippen LogP contribution in [0.15, 0.2) is 6.20 Å². The molecular weight excluding hydrogens is 202 g/mol. The zero-order valence-electron chi connectivity index (χ0n) is 10.3. The van der Waals surface area contributed by atoms with E-state index in [9.17, 15) is 5.11 Å². The molecule has 4 heteroatoms. The van der Waals surface area contributed by atoms with E-state index in [1.54, 1.807) is 0 Å². The summed E-state index contributed by atoms with van der Waals surface area (Å²) in [4.78, 5) is 0. The van der Waals surface area contributed by atoms with Crippen molar-refractivity contribution in [2.24, 2.45) is 12.5 Å². The van der Waals surface area contributed by atoms with E-state index in [0.717, 1.165) is 25.1 Å². The molecule has 1 saturated carbocycles. The first kappa shape index (κ1) is 11.6. The van der Waals surface area contributed by atoms with Crippen LogP contribution in [0.4, 0.5) is 0 Å². The lowest BCUT2D eigenvalue weighted by Gasteiger charge is -2.18. The molecule has 1 fully saturated rings. The standard InChI is InChI=1S/C12H21N3O/c1-9(11-6-15(3)14-10(11)2)13-7-12(8-16)4-5-12/h6,9,13,16H,4-5,7-8H2,1-3H3. The quantitative estimate of drug-likeness (QED) is 0.787. The molecule has 0 spiro atoms. The molecule has 2 N–H and O–H groups in total. The van der Waals surface area contributed by atoms with Crippen molar-refractivity contribution < 1.29 is 5.11 Å². The zero-order chi connectivity index (χ0) is 11.8. The Morgan fingerprint density at radius 3 is 2.75 bits per heavy atom. The lowest BCUT2D eigenvalue weighted by molar-refractivity contribution is 0.204. The molecule has 16 heavy (non-hydrogen) atoms. The second kappa shape index (κ2) is 4.18. The molecule has 4 nitrogen and oxygen atoms in total. The van der Waals surface area contributed by atoms with Crippen LogP contribution in [-0.2, 0) is 7.05 Å². The van der Waals surface area contributed by atoms with Crippen LogP contribution in [0.5, 0.6) is 0 Å². The van der Waals surface area contributed by atoms with Crippen LogP contribution in [0.3, 0.4) is 0 Å². The van der Waals surface area contributed by atoms with E-state index in [1.807, 2.05) is 18.7 Å². The Labute approximate surface area is 96.7 Å². The van der Waals surface area contributed by atoms with Gasteiger partial charge < -0.3 is 10.4 Å². The molecule has 1 aliphatic rings. The minimum Gasteiger partial charge on any atom is -0.396 e. The van der Waals surface area contributed by atoms with E-state index in [-0.39, 0.29) is 5.41 Å². The Bertz CT molecular complexity index is 368. The third-order valence-corrected chi connectivity index (χ3v) is 3.59. The number of nitrogens with one attached hydrogen (secondary N) is 1. The summed E-state index contributed by atoms with van der Waals surface area (Å²) >= 11 is 0. The largest absolute Gasteiger partial charge is 0.396 e. The molecule has 0 bridgehead atoms. The van der Waals surface area contributed by atoms with Crippen LogP contribution in [0.1, 0.15) is 37.1 Å². The lowest BCUT2D eigenvalue weighted by atomic mass is 10.1. The van der Waals surface area contributed by atoms with Gasteiger partial charge in [-0.1, -0.05) is 0 Å². The SMILES string of the molecule is Cc1nn(C)cc1C(C)NCC1(CO)CC1. The van der Waals surface area contributed by atoms with Crippen LogP contribution in [0, 0.1) is 12.3 Å². The number of rotatable bonds is 5. The number of aromatic nitrogens is 2. The third-order valence-electron chi connectivity index (χ3n) is 3.59. The van der Waals surface area contributed by atoms with Gasteiger partial charge in [-0.15, -0.1) is 0 Å². The second-order valence-electron chi connectivity index (χ2n) is 5.10. The van der Waals surface area contributed by atoms with Crippen LogP contribution >= 0.6 is 0 Å². The summed E-state index contributed by atoms with van der Waals surface area (Å²) in [6.45, 7) is 5.39. The van der Waals surface area contributed by atoms with E-state index in [2.05, 4.69) is 23.5 Å². The average Bonchev–Trinajstić information content (AvgIpc) is 2.96. The van der Waals surface area contributed by atoms with Gasteiger partial charge >= 0.3 is 0 Å². The molecule has 1 aromatic rings. The Hall–Kier alpha value is -0.870. The Balaban J connectivity index is 1.93. The normalized spacial score (nSPS) is 19.8. The highest BCUT2D eigenvalue weighted by Gasteiger charge is 2.41. The summed E-state index contributed by atoms with van der Waals surface area (Å²) in [5.41, 5.74) is 2.50. The van der Waals surface area contributed by atoms with Crippen molar-refractivity contribution in [1.29, 1.82) is 0 Å². The second-order valence-corrected chi connectivity index (χ2v) is 5.10. The van der Waals surface area contributed by atoms with Crippen LogP contribution in [0.2, 0.25) is 0 Å². The average molecular weight is 223 g/mol. The molecule has 90 valence electrons. The van der Waals surface area contributed by atoms with Crippen molar-refractivity contribution in [3.05, 3.63) is 17.5 Å². The van der Waals surface area contributed by atoms with Crippen molar-refractivity contribution in [2.45, 2.75) is 32.7 Å². The highest BCUT2D eigenvalue weighted by molar-refractivity contribution is 5.19. The molecule has 1 unspecified atom stereocenters. The number of hydrogen-bond donors (Lipinski definition) is 2. The van der Waals surface area contributed by atoms with Gasteiger partial charge in [0.05, 0.1) is 5.69 Å². The van der Waals surface area contributed by atoms with E-state index < -0.39 is 0 Å². The maximum atomic E-state index is 9.24. The van der Waals surface area contributed by atoms with Gasteiger partial charge in [-0.05, 0) is 26.7 Å². The smallest absolute Gasteiger partial charge is 0.0641 e. The van der Waals surface area contributed by atoms with Crippen LogP contribution in [-0.4, -0.2) is 28.0 Å². The number of aliphatic hydroxyl groups is 1. The number of nitrogens with zero attached hydrogens (tertiary/aromatic N) is 2. The summed E-state index contributed by atoms with van der Waals surface area (Å²) < 4.78 is 1.85. The first-order valence-electron chi connectivity index (χ1n) is 5.91. The maximum Gasteiger partial charge on any atom is 0.0641 e. The fourth-order valence-corrected chi connectivity index (χ4v) is 2.09. The Morgan fingerprint density at radius 2 is 2.31 bits per heavy atom. The summed E-state index contributed by atoms with van der Waals surface area (Å²) in [7, 11) is 1.94. The van der Waals surface area contributed by atoms with E-state index in [0.29, 0.717) is 12.6 Å². The molecule has 0 aliphatic heterocycles. The summed E-state index contributed by atoms with van der Waals surface area (Å²) in [6.07, 6.45) is 4.36. The highest BCUT2D eigenvalue weighted by Crippen LogP contribution is 2.44. The van der Waals surface area contributed by atoms with Crippen molar-refractivity contribution >= 4 is 0 Å². The van der Waals surface area contributed by atoms with Gasteiger partial charge in [0.25, 0.3) is 0 Å². The summed E-state index contributed by atoms with van der Waals surface area (Å²) in [5.74, 6) is 0. The van der Waals surface area contributed by atoms with E-state index in [4.69, 9.17) is 0 Å². The predicted molar refractivity (Wildman–Crippen MR) is 63.1 cm³/mol. The maximum absolute atomic E-state index is 9.24. The molecule has 0 aromatic carbocycles. The number of hydrogen-bond acceptors (Lipinski definition) is 3. The van der Waals surface area contributed by atoms with Gasteiger partial charge in [0.1, 0.15) is 0 Å². The van der Waals surface area contributed by atoms with Gasteiger partial charge in [0.2, 0.25) is 0 Å². The van der Waals surface area contributed by atoms with Crippen molar-refractivity contribution in [3.8, 4) is 0 Å². The van der Waals surface area contributed by atoms with Gasteiger partial charge in [0.15, 0.2) is 0 Å². The molecule has 2 rings (SSSR count). The molecule has 1 aliphatic carbocycles. The summed E-state index contributed by atoms with van der Waals surface area (Å²) in [5, 5.41) is 17.1. The molecule has 0 radical (unpaired) electrons. The fraction of sp³-hybridized carbons (Fsp3) is 0.750. The molecule has 1 heterocycles. The van der Waals surface area contributed by atoms with Crippen molar-refractivity contribution in [3.63, 3.8) is 0 Å². The molecule has 1 aromatic heterocycles. The Morgan fingerprint density at radius 1 is 1.62 bits per heavy atom. The van der Waals surface area contributed by atoms with Gasteiger partial charge in [-0.3, -0.25) is 4.68 Å². The zero-order valence-corrected chi connectivity index (χ0v) is 10.3. The lowest BCUT2D eigenvalue weighted by Crippen LogP contribution is -2.28. The fourth-order valence-electron chi connectivity index (χ4n) is 2.09.